The number of hydrogen-bond acceptors (Lipinski definition) is 2. The summed E-state index contributed by atoms with van der Waals surface area (Å²) in [5.41, 5.74) is 5.37. The summed E-state index contributed by atoms with van der Waals surface area (Å²) in [7, 11) is 0. The number of aromatic amines is 1. The van der Waals surface area contributed by atoms with Gasteiger partial charge in [0.2, 0.25) is 0 Å². The molecule has 2 heterocycles. The topological polar surface area (TPSA) is 49.0 Å². The van der Waals surface area contributed by atoms with Crippen molar-refractivity contribution in [3.63, 3.8) is 0 Å². The molecule has 1 amide bonds. The summed E-state index contributed by atoms with van der Waals surface area (Å²) in [5.74, 6) is 0.106. The van der Waals surface area contributed by atoms with Gasteiger partial charge < -0.3 is 9.88 Å². The summed E-state index contributed by atoms with van der Waals surface area (Å²) >= 11 is 0. The Labute approximate surface area is 146 Å². The minimum absolute atomic E-state index is 0.106. The number of hydrogen-bond donors (Lipinski definition) is 1. The van der Waals surface area contributed by atoms with Crippen LogP contribution in [-0.4, -0.2) is 33.9 Å². The molecule has 5 rings (SSSR count). The fraction of sp³-hybridized carbons (Fsp3) is 0.238. The number of carbonyl (C=O) groups is 1. The van der Waals surface area contributed by atoms with Crippen LogP contribution in [0.3, 0.4) is 0 Å². The van der Waals surface area contributed by atoms with Gasteiger partial charge in [-0.3, -0.25) is 4.79 Å². The summed E-state index contributed by atoms with van der Waals surface area (Å²) in [6.45, 7) is 1.58. The van der Waals surface area contributed by atoms with E-state index >= 15 is 0 Å². The van der Waals surface area contributed by atoms with Crippen molar-refractivity contribution in [1.82, 2.24) is 14.9 Å². The highest BCUT2D eigenvalue weighted by Crippen LogP contribution is 2.43. The fourth-order valence-corrected chi connectivity index (χ4v) is 4.23. The van der Waals surface area contributed by atoms with Crippen molar-refractivity contribution < 1.29 is 4.79 Å². The van der Waals surface area contributed by atoms with Crippen LogP contribution in [0.1, 0.15) is 34.3 Å². The molecule has 1 saturated heterocycles. The van der Waals surface area contributed by atoms with E-state index in [0.717, 1.165) is 42.5 Å². The molecule has 2 aromatic carbocycles. The average molecular weight is 329 g/mol. The SMILES string of the molecule is O=C(c1ccc2[nH]cnc2c1)N1CCC2(C=Cc3ccccc32)CC1. The zero-order valence-corrected chi connectivity index (χ0v) is 13.9. The van der Waals surface area contributed by atoms with Crippen LogP contribution in [0, 0.1) is 0 Å². The average Bonchev–Trinajstić information content (AvgIpc) is 3.27. The van der Waals surface area contributed by atoms with Crippen LogP contribution in [0.25, 0.3) is 17.1 Å². The van der Waals surface area contributed by atoms with Crippen LogP contribution in [-0.2, 0) is 5.41 Å². The van der Waals surface area contributed by atoms with Crippen molar-refractivity contribution >= 4 is 23.0 Å². The molecular weight excluding hydrogens is 310 g/mol. The monoisotopic (exact) mass is 329 g/mol. The molecule has 4 nitrogen and oxygen atoms in total. The Hall–Kier alpha value is -2.88. The molecule has 0 saturated carbocycles. The highest BCUT2D eigenvalue weighted by molar-refractivity contribution is 5.97. The van der Waals surface area contributed by atoms with Crippen molar-refractivity contribution in [2.45, 2.75) is 18.3 Å². The zero-order chi connectivity index (χ0) is 16.9. The van der Waals surface area contributed by atoms with Gasteiger partial charge in [-0.05, 0) is 42.2 Å². The van der Waals surface area contributed by atoms with Crippen molar-refractivity contribution in [2.75, 3.05) is 13.1 Å². The number of aromatic nitrogens is 2. The normalized spacial score (nSPS) is 18.0. The molecule has 1 N–H and O–H groups in total. The molecule has 3 aromatic rings. The molecule has 0 unspecified atom stereocenters. The molecule has 1 aliphatic heterocycles. The molecule has 124 valence electrons. The first-order valence-corrected chi connectivity index (χ1v) is 8.76. The predicted octanol–water partition coefficient (Wildman–Crippen LogP) is 3.76. The molecule has 2 aliphatic rings. The lowest BCUT2D eigenvalue weighted by molar-refractivity contribution is 0.0690. The summed E-state index contributed by atoms with van der Waals surface area (Å²) in [6, 6.07) is 14.3. The maximum absolute atomic E-state index is 12.9. The number of imidazole rings is 1. The highest BCUT2D eigenvalue weighted by atomic mass is 16.2. The van der Waals surface area contributed by atoms with Gasteiger partial charge in [0, 0.05) is 24.1 Å². The number of rotatable bonds is 1. The van der Waals surface area contributed by atoms with Crippen molar-refractivity contribution in [2.24, 2.45) is 0 Å². The molecule has 1 spiro atoms. The molecule has 0 bridgehead atoms. The number of likely N-dealkylation sites (tertiary alicyclic amines) is 1. The van der Waals surface area contributed by atoms with Crippen LogP contribution in [0.4, 0.5) is 0 Å². The first kappa shape index (κ1) is 14.5. The van der Waals surface area contributed by atoms with Crippen LogP contribution in [0.2, 0.25) is 0 Å². The van der Waals surface area contributed by atoms with E-state index in [4.69, 9.17) is 0 Å². The summed E-state index contributed by atoms with van der Waals surface area (Å²) < 4.78 is 0. The molecular formula is C21H19N3O. The predicted molar refractivity (Wildman–Crippen MR) is 98.4 cm³/mol. The minimum atomic E-state index is 0.106. The second kappa shape index (κ2) is 5.31. The Kier molecular flexibility index (Phi) is 3.07. The number of benzene rings is 2. The van der Waals surface area contributed by atoms with Crippen LogP contribution < -0.4 is 0 Å². The Morgan fingerprint density at radius 2 is 1.96 bits per heavy atom. The summed E-state index contributed by atoms with van der Waals surface area (Å²) in [5, 5.41) is 0. The van der Waals surface area contributed by atoms with Gasteiger partial charge in [0.15, 0.2) is 0 Å². The fourth-order valence-electron chi connectivity index (χ4n) is 4.23. The number of nitrogens with one attached hydrogen (secondary N) is 1. The maximum atomic E-state index is 12.9. The minimum Gasteiger partial charge on any atom is -0.345 e. The first-order valence-electron chi connectivity index (χ1n) is 8.76. The van der Waals surface area contributed by atoms with Gasteiger partial charge in [-0.15, -0.1) is 0 Å². The second-order valence-corrected chi connectivity index (χ2v) is 7.00. The number of nitrogens with zero attached hydrogens (tertiary/aromatic N) is 2. The first-order chi connectivity index (χ1) is 12.3. The number of carbonyl (C=O) groups excluding carboxylic acids is 1. The zero-order valence-electron chi connectivity index (χ0n) is 13.9. The summed E-state index contributed by atoms with van der Waals surface area (Å²) in [6.07, 6.45) is 8.20. The third-order valence-electron chi connectivity index (χ3n) is 5.69. The van der Waals surface area contributed by atoms with E-state index in [1.54, 1.807) is 6.33 Å². The van der Waals surface area contributed by atoms with Crippen LogP contribution in [0.5, 0.6) is 0 Å². The van der Waals surface area contributed by atoms with Gasteiger partial charge >= 0.3 is 0 Å². The van der Waals surface area contributed by atoms with Gasteiger partial charge in [0.25, 0.3) is 5.91 Å². The van der Waals surface area contributed by atoms with E-state index in [1.165, 1.54) is 11.1 Å². The van der Waals surface area contributed by atoms with E-state index < -0.39 is 0 Å². The highest BCUT2D eigenvalue weighted by Gasteiger charge is 2.38. The van der Waals surface area contributed by atoms with Crippen LogP contribution >= 0.6 is 0 Å². The molecule has 1 aliphatic carbocycles. The van der Waals surface area contributed by atoms with Gasteiger partial charge in [-0.25, -0.2) is 4.98 Å². The Morgan fingerprint density at radius 3 is 2.84 bits per heavy atom. The summed E-state index contributed by atoms with van der Waals surface area (Å²) in [4.78, 5) is 22.2. The second-order valence-electron chi connectivity index (χ2n) is 7.00. The Morgan fingerprint density at radius 1 is 1.12 bits per heavy atom. The standard InChI is InChI=1S/C21H19N3O/c25-20(16-5-6-18-19(13-16)23-14-22-18)24-11-9-21(10-12-24)8-7-15-3-1-2-4-17(15)21/h1-8,13-14H,9-12H2,(H,22,23). The van der Waals surface area contributed by atoms with Gasteiger partial charge in [0.05, 0.1) is 17.4 Å². The van der Waals surface area contributed by atoms with E-state index in [-0.39, 0.29) is 11.3 Å². The smallest absolute Gasteiger partial charge is 0.253 e. The molecule has 1 aromatic heterocycles. The third kappa shape index (κ3) is 2.21. The molecule has 4 heteroatoms. The molecule has 1 fully saturated rings. The lowest BCUT2D eigenvalue weighted by Gasteiger charge is -2.39. The van der Waals surface area contributed by atoms with Crippen LogP contribution in [0.15, 0.2) is 54.9 Å². The third-order valence-corrected chi connectivity index (χ3v) is 5.69. The lowest BCUT2D eigenvalue weighted by atomic mass is 9.74. The number of H-pyrrole nitrogens is 1. The largest absolute Gasteiger partial charge is 0.345 e. The Balaban J connectivity index is 1.37. The van der Waals surface area contributed by atoms with E-state index in [2.05, 4.69) is 46.4 Å². The van der Waals surface area contributed by atoms with Crippen molar-refractivity contribution in [1.29, 1.82) is 0 Å². The number of allylic oxidation sites excluding steroid dienone is 1. The lowest BCUT2D eigenvalue weighted by Crippen LogP contribution is -2.44. The van der Waals surface area contributed by atoms with Gasteiger partial charge in [0.1, 0.15) is 0 Å². The maximum Gasteiger partial charge on any atom is 0.253 e. The number of amides is 1. The molecule has 0 radical (unpaired) electrons. The van der Waals surface area contributed by atoms with E-state index in [1.807, 2.05) is 23.1 Å². The number of piperidine rings is 1. The number of fused-ring (bicyclic) bond motifs is 3. The Bertz CT molecular complexity index is 993. The van der Waals surface area contributed by atoms with Gasteiger partial charge in [-0.2, -0.15) is 0 Å². The quantitative estimate of drug-likeness (QED) is 0.739. The molecule has 0 atom stereocenters. The van der Waals surface area contributed by atoms with E-state index in [9.17, 15) is 4.79 Å². The van der Waals surface area contributed by atoms with Gasteiger partial charge in [-0.1, -0.05) is 36.4 Å². The van der Waals surface area contributed by atoms with E-state index in [0.29, 0.717) is 0 Å². The van der Waals surface area contributed by atoms with Crippen molar-refractivity contribution in [3.05, 3.63) is 71.6 Å². The van der Waals surface area contributed by atoms with Crippen molar-refractivity contribution in [3.8, 4) is 0 Å². The molecule has 25 heavy (non-hydrogen) atoms.